The van der Waals surface area contributed by atoms with Crippen LogP contribution in [0.1, 0.15) is 16.1 Å². The monoisotopic (exact) mass is 328 g/mol. The molecular formula is C20H16N4O. The molecule has 0 amide bonds. The van der Waals surface area contributed by atoms with Crippen LogP contribution in [0.5, 0.6) is 0 Å². The van der Waals surface area contributed by atoms with Crippen molar-refractivity contribution in [1.29, 1.82) is 0 Å². The molecule has 4 aromatic rings. The normalized spacial score (nSPS) is 10.8. The van der Waals surface area contributed by atoms with Crippen LogP contribution in [0.3, 0.4) is 0 Å². The summed E-state index contributed by atoms with van der Waals surface area (Å²) in [5.41, 5.74) is 3.60. The third-order valence-electron chi connectivity index (χ3n) is 4.10. The van der Waals surface area contributed by atoms with Crippen LogP contribution in [0.2, 0.25) is 0 Å². The van der Waals surface area contributed by atoms with Gasteiger partial charge in [0.05, 0.1) is 5.52 Å². The third-order valence-corrected chi connectivity index (χ3v) is 4.10. The second kappa shape index (κ2) is 6.20. The summed E-state index contributed by atoms with van der Waals surface area (Å²) in [6.45, 7) is 0. The number of pyridine rings is 1. The number of ketones is 1. The zero-order valence-corrected chi connectivity index (χ0v) is 13.7. The molecule has 0 atom stereocenters. The van der Waals surface area contributed by atoms with Gasteiger partial charge in [-0.1, -0.05) is 30.3 Å². The molecule has 2 heterocycles. The first-order chi connectivity index (χ1) is 12.2. The summed E-state index contributed by atoms with van der Waals surface area (Å²) < 4.78 is 1.74. The second-order valence-corrected chi connectivity index (χ2v) is 5.72. The highest BCUT2D eigenvalue weighted by Gasteiger charge is 2.20. The van der Waals surface area contributed by atoms with Crippen molar-refractivity contribution < 1.29 is 4.79 Å². The van der Waals surface area contributed by atoms with Gasteiger partial charge in [0.2, 0.25) is 5.78 Å². The molecule has 0 fully saturated rings. The van der Waals surface area contributed by atoms with Gasteiger partial charge in [-0.05, 0) is 30.3 Å². The number of fused-ring (bicyclic) bond motifs is 1. The Kier molecular flexibility index (Phi) is 3.74. The second-order valence-electron chi connectivity index (χ2n) is 5.72. The summed E-state index contributed by atoms with van der Waals surface area (Å²) in [4.78, 5) is 17.2. The van der Waals surface area contributed by atoms with Gasteiger partial charge in [0.15, 0.2) is 0 Å². The molecule has 122 valence electrons. The van der Waals surface area contributed by atoms with Crippen LogP contribution in [-0.4, -0.2) is 20.5 Å². The Bertz CT molecular complexity index is 1050. The molecule has 0 aliphatic heterocycles. The van der Waals surface area contributed by atoms with Gasteiger partial charge in [0.1, 0.15) is 5.69 Å². The Morgan fingerprint density at radius 3 is 2.52 bits per heavy atom. The number of hydrogen-bond donors (Lipinski definition) is 1. The lowest BCUT2D eigenvalue weighted by atomic mass is 10.0. The Hall–Kier alpha value is -3.47. The predicted molar refractivity (Wildman–Crippen MR) is 98.1 cm³/mol. The van der Waals surface area contributed by atoms with E-state index in [0.717, 1.165) is 22.3 Å². The van der Waals surface area contributed by atoms with Gasteiger partial charge < -0.3 is 5.32 Å². The third kappa shape index (κ3) is 2.76. The summed E-state index contributed by atoms with van der Waals surface area (Å²) in [6.07, 6.45) is 3.41. The van der Waals surface area contributed by atoms with E-state index in [0.29, 0.717) is 11.3 Å². The average Bonchev–Trinajstić information content (AvgIpc) is 3.00. The minimum Gasteiger partial charge on any atom is -0.355 e. The molecule has 0 aliphatic carbocycles. The zero-order chi connectivity index (χ0) is 17.2. The quantitative estimate of drug-likeness (QED) is 0.576. The molecule has 5 heteroatoms. The first-order valence-corrected chi connectivity index (χ1v) is 7.96. The first kappa shape index (κ1) is 15.1. The molecule has 5 nitrogen and oxygen atoms in total. The average molecular weight is 328 g/mol. The molecule has 4 rings (SSSR count). The molecule has 0 bridgehead atoms. The highest BCUT2D eigenvalue weighted by atomic mass is 16.1. The number of benzene rings is 2. The van der Waals surface area contributed by atoms with Crippen LogP contribution in [0.25, 0.3) is 10.9 Å². The lowest BCUT2D eigenvalue weighted by molar-refractivity contribution is 0.103. The number of carbonyl (C=O) groups is 1. The van der Waals surface area contributed by atoms with Crippen LogP contribution in [-0.2, 0) is 7.05 Å². The van der Waals surface area contributed by atoms with Gasteiger partial charge in [-0.25, -0.2) is 0 Å². The van der Waals surface area contributed by atoms with Gasteiger partial charge in [-0.3, -0.25) is 14.5 Å². The zero-order valence-electron chi connectivity index (χ0n) is 13.7. The summed E-state index contributed by atoms with van der Waals surface area (Å²) in [5, 5.41) is 8.58. The van der Waals surface area contributed by atoms with Gasteiger partial charge in [-0.15, -0.1) is 0 Å². The highest BCUT2D eigenvalue weighted by Crippen LogP contribution is 2.26. The molecule has 0 aliphatic rings. The number of anilines is 2. The van der Waals surface area contributed by atoms with E-state index in [2.05, 4.69) is 15.4 Å². The molecule has 0 radical (unpaired) electrons. The van der Waals surface area contributed by atoms with Crippen molar-refractivity contribution in [2.75, 3.05) is 5.32 Å². The number of nitrogens with one attached hydrogen (secondary N) is 1. The summed E-state index contributed by atoms with van der Waals surface area (Å²) in [5.74, 6) is -0.103. The topological polar surface area (TPSA) is 59.8 Å². The fourth-order valence-electron chi connectivity index (χ4n) is 2.89. The van der Waals surface area contributed by atoms with Gasteiger partial charge in [0.25, 0.3) is 0 Å². The van der Waals surface area contributed by atoms with Crippen molar-refractivity contribution in [3.05, 3.63) is 84.3 Å². The number of nitrogens with zero attached hydrogens (tertiary/aromatic N) is 3. The maximum atomic E-state index is 13.2. The number of aromatic nitrogens is 3. The molecular weight excluding hydrogens is 312 g/mol. The highest BCUT2D eigenvalue weighted by molar-refractivity contribution is 6.17. The number of rotatable bonds is 4. The molecule has 2 aromatic carbocycles. The van der Waals surface area contributed by atoms with Crippen molar-refractivity contribution in [3.8, 4) is 0 Å². The largest absolute Gasteiger partial charge is 0.355 e. The van der Waals surface area contributed by atoms with E-state index in [1.54, 1.807) is 17.1 Å². The number of para-hydroxylation sites is 2. The molecule has 0 unspecified atom stereocenters. The SMILES string of the molecule is Cn1nc(C(=O)c2ccccc2Nc2ccncc2)c2ccccc21. The Labute approximate surface area is 144 Å². The fraction of sp³-hybridized carbons (Fsp3) is 0.0500. The minimum absolute atomic E-state index is 0.103. The van der Waals surface area contributed by atoms with E-state index in [1.165, 1.54) is 0 Å². The summed E-state index contributed by atoms with van der Waals surface area (Å²) in [6, 6.07) is 18.9. The van der Waals surface area contributed by atoms with Crippen LogP contribution in [0.4, 0.5) is 11.4 Å². The molecule has 0 spiro atoms. The van der Waals surface area contributed by atoms with Gasteiger partial charge in [0, 0.05) is 41.8 Å². The Balaban J connectivity index is 1.78. The van der Waals surface area contributed by atoms with Crippen LogP contribution < -0.4 is 5.32 Å². The van der Waals surface area contributed by atoms with E-state index in [-0.39, 0.29) is 5.78 Å². The lowest BCUT2D eigenvalue weighted by Gasteiger charge is -2.10. The maximum Gasteiger partial charge on any atom is 0.215 e. The van der Waals surface area contributed by atoms with Crippen molar-refractivity contribution in [1.82, 2.24) is 14.8 Å². The van der Waals surface area contributed by atoms with Crippen molar-refractivity contribution in [2.45, 2.75) is 0 Å². The van der Waals surface area contributed by atoms with E-state index in [1.807, 2.05) is 67.7 Å². The lowest BCUT2D eigenvalue weighted by Crippen LogP contribution is -2.07. The van der Waals surface area contributed by atoms with Crippen LogP contribution in [0.15, 0.2) is 73.1 Å². The maximum absolute atomic E-state index is 13.2. The smallest absolute Gasteiger partial charge is 0.215 e. The first-order valence-electron chi connectivity index (χ1n) is 7.96. The van der Waals surface area contributed by atoms with E-state index >= 15 is 0 Å². The Morgan fingerprint density at radius 1 is 0.960 bits per heavy atom. The van der Waals surface area contributed by atoms with Crippen molar-refractivity contribution >= 4 is 28.1 Å². The molecule has 0 saturated carbocycles. The predicted octanol–water partition coefficient (Wildman–Crippen LogP) is 3.94. The van der Waals surface area contributed by atoms with E-state index < -0.39 is 0 Å². The minimum atomic E-state index is -0.103. The van der Waals surface area contributed by atoms with E-state index in [4.69, 9.17) is 0 Å². The molecule has 25 heavy (non-hydrogen) atoms. The van der Waals surface area contributed by atoms with Gasteiger partial charge in [-0.2, -0.15) is 5.10 Å². The van der Waals surface area contributed by atoms with E-state index in [9.17, 15) is 4.79 Å². The summed E-state index contributed by atoms with van der Waals surface area (Å²) >= 11 is 0. The summed E-state index contributed by atoms with van der Waals surface area (Å²) in [7, 11) is 1.85. The van der Waals surface area contributed by atoms with Crippen molar-refractivity contribution in [2.24, 2.45) is 7.05 Å². The molecule has 1 N–H and O–H groups in total. The van der Waals surface area contributed by atoms with Crippen LogP contribution >= 0.6 is 0 Å². The molecule has 0 saturated heterocycles. The Morgan fingerprint density at radius 2 is 1.68 bits per heavy atom. The number of carbonyl (C=O) groups excluding carboxylic acids is 1. The fourth-order valence-corrected chi connectivity index (χ4v) is 2.89. The number of hydrogen-bond acceptors (Lipinski definition) is 4. The number of aryl methyl sites for hydroxylation is 1. The van der Waals surface area contributed by atoms with Gasteiger partial charge >= 0.3 is 0 Å². The van der Waals surface area contributed by atoms with Crippen LogP contribution in [0, 0.1) is 0 Å². The molecule has 2 aromatic heterocycles. The standard InChI is InChI=1S/C20H16N4O/c1-24-18-9-5-3-7-16(18)19(23-24)20(25)15-6-2-4-8-17(15)22-14-10-12-21-13-11-14/h2-13H,1H3,(H,21,22). The van der Waals surface area contributed by atoms with Crippen molar-refractivity contribution in [3.63, 3.8) is 0 Å².